The van der Waals surface area contributed by atoms with Gasteiger partial charge in [-0.25, -0.2) is 5.84 Å². The summed E-state index contributed by atoms with van der Waals surface area (Å²) in [6, 6.07) is 0.558. The molecule has 0 bridgehead atoms. The van der Waals surface area contributed by atoms with Crippen LogP contribution in [0.4, 0.5) is 0 Å². The topological polar surface area (TPSA) is 65.7 Å². The maximum Gasteiger partial charge on any atom is 0.205 e. The van der Waals surface area contributed by atoms with Crippen LogP contribution in [0.25, 0.3) is 0 Å². The van der Waals surface area contributed by atoms with E-state index in [1.807, 2.05) is 0 Å². The van der Waals surface area contributed by atoms with Crippen LogP contribution in [0.15, 0.2) is 4.99 Å². The Kier molecular flexibility index (Phi) is 6.44. The van der Waals surface area contributed by atoms with Gasteiger partial charge in [0.2, 0.25) is 5.96 Å². The number of guanidine groups is 1. The Balaban J connectivity index is 1.62. The van der Waals surface area contributed by atoms with Gasteiger partial charge in [-0.1, -0.05) is 19.3 Å². The zero-order chi connectivity index (χ0) is 13.3. The number of aliphatic imine (C=N–C) groups is 1. The largest absolute Gasteiger partial charge is 0.353 e. The highest BCUT2D eigenvalue weighted by Gasteiger charge is 2.14. The van der Waals surface area contributed by atoms with Gasteiger partial charge in [-0.15, -0.1) is 0 Å². The Morgan fingerprint density at radius 1 is 1.11 bits per heavy atom. The van der Waals surface area contributed by atoms with Crippen molar-refractivity contribution in [2.24, 2.45) is 10.8 Å². The molecule has 1 aliphatic heterocycles. The van der Waals surface area contributed by atoms with Crippen LogP contribution < -0.4 is 16.6 Å². The summed E-state index contributed by atoms with van der Waals surface area (Å²) in [6.07, 6.45) is 10.4. The van der Waals surface area contributed by atoms with E-state index in [9.17, 15) is 0 Å². The summed E-state index contributed by atoms with van der Waals surface area (Å²) >= 11 is 0. The van der Waals surface area contributed by atoms with Crippen molar-refractivity contribution >= 4 is 5.96 Å². The fourth-order valence-corrected chi connectivity index (χ4v) is 3.06. The van der Waals surface area contributed by atoms with E-state index in [-0.39, 0.29) is 0 Å². The van der Waals surface area contributed by atoms with Crippen LogP contribution in [0.3, 0.4) is 0 Å². The number of nitrogens with zero attached hydrogens (tertiary/aromatic N) is 2. The molecular weight excluding hydrogens is 238 g/mol. The van der Waals surface area contributed by atoms with E-state index >= 15 is 0 Å². The number of hydrazine groups is 1. The van der Waals surface area contributed by atoms with Gasteiger partial charge in [-0.2, -0.15) is 0 Å². The van der Waals surface area contributed by atoms with Crippen LogP contribution in [-0.2, 0) is 0 Å². The van der Waals surface area contributed by atoms with Gasteiger partial charge in [0.05, 0.1) is 0 Å². The van der Waals surface area contributed by atoms with Gasteiger partial charge in [0, 0.05) is 12.6 Å². The molecule has 2 fully saturated rings. The first kappa shape index (κ1) is 14.6. The summed E-state index contributed by atoms with van der Waals surface area (Å²) in [5.74, 6) is 6.31. The third kappa shape index (κ3) is 5.37. The molecule has 19 heavy (non-hydrogen) atoms. The Labute approximate surface area is 117 Å². The van der Waals surface area contributed by atoms with Crippen LogP contribution in [0.1, 0.15) is 51.4 Å². The van der Waals surface area contributed by atoms with Crippen molar-refractivity contribution in [1.29, 1.82) is 0 Å². The highest BCUT2D eigenvalue weighted by molar-refractivity contribution is 5.79. The van der Waals surface area contributed by atoms with Gasteiger partial charge in [-0.05, 0) is 51.7 Å². The molecule has 1 saturated carbocycles. The zero-order valence-electron chi connectivity index (χ0n) is 12.0. The SMILES string of the molecule is NNC(=NCCCN1CCCC1)NC1CCCCC1. The zero-order valence-corrected chi connectivity index (χ0v) is 12.0. The minimum Gasteiger partial charge on any atom is -0.353 e. The molecule has 0 atom stereocenters. The number of hydrogen-bond acceptors (Lipinski definition) is 3. The van der Waals surface area contributed by atoms with Crippen LogP contribution in [-0.4, -0.2) is 43.1 Å². The van der Waals surface area contributed by atoms with Gasteiger partial charge in [0.1, 0.15) is 0 Å². The molecule has 0 unspecified atom stereocenters. The van der Waals surface area contributed by atoms with Gasteiger partial charge >= 0.3 is 0 Å². The second-order valence-electron chi connectivity index (χ2n) is 5.76. The van der Waals surface area contributed by atoms with Gasteiger partial charge < -0.3 is 10.2 Å². The summed E-state index contributed by atoms with van der Waals surface area (Å²) < 4.78 is 0. The lowest BCUT2D eigenvalue weighted by molar-refractivity contribution is 0.336. The van der Waals surface area contributed by atoms with Crippen molar-refractivity contribution in [3.63, 3.8) is 0 Å². The quantitative estimate of drug-likeness (QED) is 0.230. The molecule has 0 aromatic heterocycles. The van der Waals surface area contributed by atoms with E-state index in [1.54, 1.807) is 0 Å². The number of hydrogen-bond donors (Lipinski definition) is 3. The third-order valence-corrected chi connectivity index (χ3v) is 4.18. The molecule has 0 aromatic rings. The van der Waals surface area contributed by atoms with Crippen LogP contribution in [0.5, 0.6) is 0 Å². The molecule has 5 nitrogen and oxygen atoms in total. The van der Waals surface area contributed by atoms with Crippen molar-refractivity contribution in [2.75, 3.05) is 26.2 Å². The maximum absolute atomic E-state index is 5.54. The van der Waals surface area contributed by atoms with E-state index in [0.29, 0.717) is 6.04 Å². The molecule has 1 aliphatic carbocycles. The van der Waals surface area contributed by atoms with Crippen LogP contribution >= 0.6 is 0 Å². The maximum atomic E-state index is 5.54. The first-order valence-corrected chi connectivity index (χ1v) is 7.88. The van der Waals surface area contributed by atoms with E-state index in [1.165, 1.54) is 64.6 Å². The summed E-state index contributed by atoms with van der Waals surface area (Å²) in [6.45, 7) is 4.57. The molecule has 5 heteroatoms. The molecule has 2 rings (SSSR count). The molecular formula is C14H29N5. The summed E-state index contributed by atoms with van der Waals surface area (Å²) in [4.78, 5) is 7.07. The van der Waals surface area contributed by atoms with E-state index in [4.69, 9.17) is 5.84 Å². The summed E-state index contributed by atoms with van der Waals surface area (Å²) in [5, 5.41) is 3.43. The monoisotopic (exact) mass is 267 g/mol. The number of likely N-dealkylation sites (tertiary alicyclic amines) is 1. The highest BCUT2D eigenvalue weighted by atomic mass is 15.3. The number of nitrogens with two attached hydrogens (primary N) is 1. The Morgan fingerprint density at radius 3 is 2.53 bits per heavy atom. The third-order valence-electron chi connectivity index (χ3n) is 4.18. The average molecular weight is 267 g/mol. The fourth-order valence-electron chi connectivity index (χ4n) is 3.06. The molecule has 110 valence electrons. The minimum absolute atomic E-state index is 0.558. The van der Waals surface area contributed by atoms with Gasteiger partial charge in [0.25, 0.3) is 0 Å². The van der Waals surface area contributed by atoms with Gasteiger partial charge in [0.15, 0.2) is 0 Å². The molecule has 1 heterocycles. The molecule has 0 radical (unpaired) electrons. The van der Waals surface area contributed by atoms with Crippen LogP contribution in [0, 0.1) is 0 Å². The predicted octanol–water partition coefficient (Wildman–Crippen LogP) is 1.21. The Morgan fingerprint density at radius 2 is 1.84 bits per heavy atom. The molecule has 2 aliphatic rings. The number of nitrogens with one attached hydrogen (secondary N) is 2. The lowest BCUT2D eigenvalue weighted by atomic mass is 9.96. The second kappa shape index (κ2) is 8.38. The Hall–Kier alpha value is -0.810. The van der Waals surface area contributed by atoms with E-state index < -0.39 is 0 Å². The standard InChI is InChI=1S/C14H29N5/c15-18-14(17-13-7-2-1-3-8-13)16-9-6-12-19-10-4-5-11-19/h13H,1-12,15H2,(H2,16,17,18). The average Bonchev–Trinajstić information content (AvgIpc) is 2.96. The lowest BCUT2D eigenvalue weighted by Gasteiger charge is -2.24. The smallest absolute Gasteiger partial charge is 0.205 e. The molecule has 1 saturated heterocycles. The predicted molar refractivity (Wildman–Crippen MR) is 79.9 cm³/mol. The Bertz CT molecular complexity index is 267. The highest BCUT2D eigenvalue weighted by Crippen LogP contribution is 2.17. The van der Waals surface area contributed by atoms with E-state index in [0.717, 1.165) is 18.9 Å². The van der Waals surface area contributed by atoms with E-state index in [2.05, 4.69) is 20.6 Å². The molecule has 0 aromatic carbocycles. The fraction of sp³-hybridized carbons (Fsp3) is 0.929. The van der Waals surface area contributed by atoms with Crippen LogP contribution in [0.2, 0.25) is 0 Å². The van der Waals surface area contributed by atoms with Crippen molar-refractivity contribution < 1.29 is 0 Å². The van der Waals surface area contributed by atoms with Crippen molar-refractivity contribution in [2.45, 2.75) is 57.4 Å². The minimum atomic E-state index is 0.558. The van der Waals surface area contributed by atoms with Crippen molar-refractivity contribution in [3.05, 3.63) is 0 Å². The van der Waals surface area contributed by atoms with Crippen molar-refractivity contribution in [3.8, 4) is 0 Å². The van der Waals surface area contributed by atoms with Crippen molar-refractivity contribution in [1.82, 2.24) is 15.6 Å². The number of rotatable bonds is 5. The molecule has 0 amide bonds. The summed E-state index contributed by atoms with van der Waals surface area (Å²) in [5.41, 5.74) is 2.70. The first-order chi connectivity index (χ1) is 9.38. The second-order valence-corrected chi connectivity index (χ2v) is 5.76. The molecule has 0 spiro atoms. The summed E-state index contributed by atoms with van der Waals surface area (Å²) in [7, 11) is 0. The molecule has 4 N–H and O–H groups in total. The normalized spacial score (nSPS) is 22.7. The first-order valence-electron chi connectivity index (χ1n) is 7.88. The lowest BCUT2D eigenvalue weighted by Crippen LogP contribution is -2.47. The van der Waals surface area contributed by atoms with Gasteiger partial charge in [-0.3, -0.25) is 10.4 Å².